The highest BCUT2D eigenvalue weighted by atomic mass is 16.6. The van der Waals surface area contributed by atoms with Crippen LogP contribution in [0.4, 0.5) is 0 Å². The lowest BCUT2D eigenvalue weighted by Gasteiger charge is -2.15. The van der Waals surface area contributed by atoms with Crippen LogP contribution in [0.1, 0.15) is 155 Å². The van der Waals surface area contributed by atoms with Gasteiger partial charge in [0.05, 0.1) is 6.61 Å². The van der Waals surface area contributed by atoms with Gasteiger partial charge in [0, 0.05) is 12.8 Å². The fraction of sp³-hybridized carbons (Fsp3) is 0.730. The third kappa shape index (κ3) is 30.8. The first-order valence-electron chi connectivity index (χ1n) is 17.2. The minimum atomic E-state index is -0.781. The second-order valence-corrected chi connectivity index (χ2v) is 11.2. The van der Waals surface area contributed by atoms with E-state index in [2.05, 4.69) is 62.5 Å². The molecule has 0 spiro atoms. The summed E-state index contributed by atoms with van der Waals surface area (Å²) in [7, 11) is 0. The molecule has 0 saturated carbocycles. The molecule has 42 heavy (non-hydrogen) atoms. The fourth-order valence-electron chi connectivity index (χ4n) is 4.50. The van der Waals surface area contributed by atoms with Gasteiger partial charge in [0.2, 0.25) is 0 Å². The van der Waals surface area contributed by atoms with Crippen molar-refractivity contribution in [2.24, 2.45) is 0 Å². The first-order chi connectivity index (χ1) is 20.6. The van der Waals surface area contributed by atoms with Gasteiger partial charge in [-0.15, -0.1) is 0 Å². The molecule has 1 unspecified atom stereocenters. The number of esters is 2. The third-order valence-corrected chi connectivity index (χ3v) is 7.11. The van der Waals surface area contributed by atoms with Crippen molar-refractivity contribution in [3.05, 3.63) is 48.6 Å². The minimum Gasteiger partial charge on any atom is -0.462 e. The largest absolute Gasteiger partial charge is 0.462 e. The van der Waals surface area contributed by atoms with E-state index < -0.39 is 6.10 Å². The monoisotopic (exact) mass is 588 g/mol. The van der Waals surface area contributed by atoms with E-state index in [1.165, 1.54) is 51.4 Å². The molecule has 0 aliphatic heterocycles. The summed E-state index contributed by atoms with van der Waals surface area (Å²) in [6.45, 7) is 3.97. The summed E-state index contributed by atoms with van der Waals surface area (Å²) in [6.07, 6.45) is 40.2. The summed E-state index contributed by atoms with van der Waals surface area (Å²) < 4.78 is 10.5. The number of aliphatic hydroxyl groups excluding tert-OH is 1. The quantitative estimate of drug-likeness (QED) is 0.0513. The number of hydrogen-bond donors (Lipinski definition) is 1. The molecule has 0 aromatic heterocycles. The van der Waals surface area contributed by atoms with Gasteiger partial charge in [-0.2, -0.15) is 0 Å². The van der Waals surface area contributed by atoms with Crippen LogP contribution in [0.3, 0.4) is 0 Å². The minimum absolute atomic E-state index is 0.0792. The Balaban J connectivity index is 3.64. The topological polar surface area (TPSA) is 72.8 Å². The highest BCUT2D eigenvalue weighted by Crippen LogP contribution is 2.11. The molecule has 0 saturated heterocycles. The highest BCUT2D eigenvalue weighted by molar-refractivity contribution is 5.70. The number of rotatable bonds is 30. The maximum atomic E-state index is 12.1. The Hall–Kier alpha value is -2.14. The molecule has 0 aromatic rings. The van der Waals surface area contributed by atoms with Crippen molar-refractivity contribution in [1.29, 1.82) is 0 Å². The molecule has 0 amide bonds. The molecule has 5 nitrogen and oxygen atoms in total. The second-order valence-electron chi connectivity index (χ2n) is 11.2. The molecule has 1 N–H and O–H groups in total. The van der Waals surface area contributed by atoms with Crippen LogP contribution in [0.15, 0.2) is 48.6 Å². The smallest absolute Gasteiger partial charge is 0.306 e. The van der Waals surface area contributed by atoms with Crippen LogP contribution < -0.4 is 0 Å². The lowest BCUT2D eigenvalue weighted by Crippen LogP contribution is -2.28. The number of allylic oxidation sites excluding steroid dienone is 8. The Bertz CT molecular complexity index is 722. The summed E-state index contributed by atoms with van der Waals surface area (Å²) in [6, 6.07) is 0. The maximum absolute atomic E-state index is 12.1. The molecule has 0 heterocycles. The zero-order valence-corrected chi connectivity index (χ0v) is 27.2. The van der Waals surface area contributed by atoms with Crippen LogP contribution in [0.25, 0.3) is 0 Å². The van der Waals surface area contributed by atoms with Crippen LogP contribution in [-0.4, -0.2) is 36.4 Å². The molecular formula is C37H64O5. The first-order valence-corrected chi connectivity index (χ1v) is 17.2. The van der Waals surface area contributed by atoms with Crippen molar-refractivity contribution in [3.8, 4) is 0 Å². The number of unbranched alkanes of at least 4 members (excludes halogenated alkanes) is 14. The zero-order valence-electron chi connectivity index (χ0n) is 27.2. The van der Waals surface area contributed by atoms with Crippen molar-refractivity contribution in [2.75, 3.05) is 13.2 Å². The normalized spacial score (nSPS) is 12.7. The molecule has 0 aromatic carbocycles. The summed E-state index contributed by atoms with van der Waals surface area (Å²) in [4.78, 5) is 24.1. The Kier molecular flexibility index (Phi) is 31.7. The number of carbonyl (C=O) groups is 2. The van der Waals surface area contributed by atoms with E-state index in [0.29, 0.717) is 12.8 Å². The van der Waals surface area contributed by atoms with Gasteiger partial charge < -0.3 is 14.6 Å². The molecule has 0 aliphatic carbocycles. The van der Waals surface area contributed by atoms with E-state index >= 15 is 0 Å². The average molecular weight is 589 g/mol. The van der Waals surface area contributed by atoms with Gasteiger partial charge in [-0.05, 0) is 70.6 Å². The molecule has 0 aliphatic rings. The standard InChI is InChI=1S/C37H64O5/c1-3-5-7-9-11-13-15-17-18-20-21-23-25-27-29-31-36(39)41-34-35(33-38)42-37(40)32-30-28-26-24-22-19-16-14-12-10-8-6-4-2/h5,7,11,13-14,16-18,35,38H,3-4,6,8-10,12,15,19-34H2,1-2H3. The van der Waals surface area contributed by atoms with Gasteiger partial charge in [0.15, 0.2) is 6.10 Å². The molecule has 0 radical (unpaired) electrons. The molecule has 242 valence electrons. The third-order valence-electron chi connectivity index (χ3n) is 7.11. The predicted molar refractivity (Wildman–Crippen MR) is 177 cm³/mol. The van der Waals surface area contributed by atoms with Gasteiger partial charge in [-0.25, -0.2) is 0 Å². The van der Waals surface area contributed by atoms with E-state index in [1.807, 2.05) is 0 Å². The zero-order chi connectivity index (χ0) is 30.8. The van der Waals surface area contributed by atoms with Crippen LogP contribution in [-0.2, 0) is 19.1 Å². The molecule has 0 bridgehead atoms. The number of ether oxygens (including phenoxy) is 2. The van der Waals surface area contributed by atoms with E-state index in [-0.39, 0.29) is 25.2 Å². The average Bonchev–Trinajstić information content (AvgIpc) is 2.99. The maximum Gasteiger partial charge on any atom is 0.306 e. The van der Waals surface area contributed by atoms with Crippen LogP contribution >= 0.6 is 0 Å². The van der Waals surface area contributed by atoms with Crippen molar-refractivity contribution < 1.29 is 24.2 Å². The van der Waals surface area contributed by atoms with E-state index in [1.54, 1.807) is 0 Å². The molecule has 0 fully saturated rings. The number of aliphatic hydroxyl groups is 1. The summed E-state index contributed by atoms with van der Waals surface area (Å²) in [5.74, 6) is -0.626. The van der Waals surface area contributed by atoms with Gasteiger partial charge in [-0.1, -0.05) is 120 Å². The van der Waals surface area contributed by atoms with Crippen molar-refractivity contribution in [2.45, 2.75) is 161 Å². The molecule has 5 heteroatoms. The number of hydrogen-bond acceptors (Lipinski definition) is 5. The van der Waals surface area contributed by atoms with Gasteiger partial charge in [0.1, 0.15) is 6.61 Å². The van der Waals surface area contributed by atoms with Crippen molar-refractivity contribution >= 4 is 11.9 Å². The SMILES string of the molecule is CCC=CCC=CCC=CCCCCCCCC(=O)OCC(CO)OC(=O)CCCCCCCC=CCCCCCC. The molecule has 0 rings (SSSR count). The second kappa shape index (κ2) is 33.4. The lowest BCUT2D eigenvalue weighted by molar-refractivity contribution is -0.161. The first kappa shape index (κ1) is 39.9. The predicted octanol–water partition coefficient (Wildman–Crippen LogP) is 10.3. The van der Waals surface area contributed by atoms with Crippen LogP contribution in [0.5, 0.6) is 0 Å². The van der Waals surface area contributed by atoms with Crippen LogP contribution in [0.2, 0.25) is 0 Å². The van der Waals surface area contributed by atoms with Crippen LogP contribution in [0, 0.1) is 0 Å². The Morgan fingerprint density at radius 1 is 0.571 bits per heavy atom. The summed E-state index contributed by atoms with van der Waals surface area (Å²) >= 11 is 0. The van der Waals surface area contributed by atoms with Gasteiger partial charge >= 0.3 is 11.9 Å². The molecule has 1 atom stereocenters. The molecular weight excluding hydrogens is 524 g/mol. The van der Waals surface area contributed by atoms with Gasteiger partial charge in [0.25, 0.3) is 0 Å². The van der Waals surface area contributed by atoms with Crippen molar-refractivity contribution in [3.63, 3.8) is 0 Å². The van der Waals surface area contributed by atoms with E-state index in [4.69, 9.17) is 9.47 Å². The van der Waals surface area contributed by atoms with E-state index in [0.717, 1.165) is 77.0 Å². The Morgan fingerprint density at radius 2 is 1.02 bits per heavy atom. The number of carbonyl (C=O) groups excluding carboxylic acids is 2. The van der Waals surface area contributed by atoms with E-state index in [9.17, 15) is 14.7 Å². The summed E-state index contributed by atoms with van der Waals surface area (Å²) in [5.41, 5.74) is 0. The Labute approximate surface area is 258 Å². The van der Waals surface area contributed by atoms with Crippen molar-refractivity contribution in [1.82, 2.24) is 0 Å². The summed E-state index contributed by atoms with van der Waals surface area (Å²) in [5, 5.41) is 9.50. The Morgan fingerprint density at radius 3 is 1.57 bits per heavy atom. The van der Waals surface area contributed by atoms with Gasteiger partial charge in [-0.3, -0.25) is 9.59 Å². The fourth-order valence-corrected chi connectivity index (χ4v) is 4.50. The highest BCUT2D eigenvalue weighted by Gasteiger charge is 2.16. The lowest BCUT2D eigenvalue weighted by atomic mass is 10.1.